The molecule has 0 radical (unpaired) electrons. The van der Waals surface area contributed by atoms with Crippen LogP contribution in [0.25, 0.3) is 0 Å². The standard InChI is InChI=1S/C13H23N3O/c14-6-7-15-10-12-4-5-13(17-12)11-16-8-2-1-3-9-16/h4-5,15H,1-3,6-11,14H2. The monoisotopic (exact) mass is 237 g/mol. The average molecular weight is 237 g/mol. The van der Waals surface area contributed by atoms with Gasteiger partial charge in [-0.25, -0.2) is 0 Å². The molecule has 2 heterocycles. The molecule has 17 heavy (non-hydrogen) atoms. The van der Waals surface area contributed by atoms with E-state index in [0.717, 1.165) is 31.2 Å². The molecule has 1 aliphatic rings. The van der Waals surface area contributed by atoms with E-state index >= 15 is 0 Å². The van der Waals surface area contributed by atoms with Gasteiger partial charge in [0.05, 0.1) is 13.1 Å². The van der Waals surface area contributed by atoms with Crippen molar-refractivity contribution in [2.45, 2.75) is 32.4 Å². The van der Waals surface area contributed by atoms with Crippen LogP contribution >= 0.6 is 0 Å². The van der Waals surface area contributed by atoms with E-state index in [0.29, 0.717) is 6.54 Å². The maximum atomic E-state index is 5.79. The Morgan fingerprint density at radius 2 is 1.94 bits per heavy atom. The maximum Gasteiger partial charge on any atom is 0.118 e. The van der Waals surface area contributed by atoms with E-state index < -0.39 is 0 Å². The summed E-state index contributed by atoms with van der Waals surface area (Å²) in [5.74, 6) is 2.09. The van der Waals surface area contributed by atoms with Gasteiger partial charge in [-0.2, -0.15) is 0 Å². The number of furan rings is 1. The molecule has 4 heteroatoms. The molecular formula is C13H23N3O. The van der Waals surface area contributed by atoms with E-state index in [1.54, 1.807) is 0 Å². The number of hydrogen-bond acceptors (Lipinski definition) is 4. The number of rotatable bonds is 6. The smallest absolute Gasteiger partial charge is 0.118 e. The highest BCUT2D eigenvalue weighted by molar-refractivity contribution is 5.07. The van der Waals surface area contributed by atoms with E-state index in [4.69, 9.17) is 10.2 Å². The third-order valence-electron chi connectivity index (χ3n) is 3.17. The quantitative estimate of drug-likeness (QED) is 0.733. The molecule has 1 aromatic rings. The molecule has 0 spiro atoms. The second-order valence-corrected chi connectivity index (χ2v) is 4.67. The van der Waals surface area contributed by atoms with Crippen LogP contribution in [-0.2, 0) is 13.1 Å². The Morgan fingerprint density at radius 1 is 1.18 bits per heavy atom. The van der Waals surface area contributed by atoms with Crippen LogP contribution in [0.15, 0.2) is 16.5 Å². The molecule has 0 saturated carbocycles. The third-order valence-corrected chi connectivity index (χ3v) is 3.17. The van der Waals surface area contributed by atoms with Crippen molar-refractivity contribution in [3.8, 4) is 0 Å². The molecule has 0 bridgehead atoms. The number of piperidine rings is 1. The first kappa shape index (κ1) is 12.6. The van der Waals surface area contributed by atoms with Crippen LogP contribution in [-0.4, -0.2) is 31.1 Å². The summed E-state index contributed by atoms with van der Waals surface area (Å²) in [5.41, 5.74) is 5.42. The summed E-state index contributed by atoms with van der Waals surface area (Å²) < 4.78 is 5.79. The molecule has 1 aliphatic heterocycles. The van der Waals surface area contributed by atoms with Crippen LogP contribution in [0, 0.1) is 0 Å². The lowest BCUT2D eigenvalue weighted by Gasteiger charge is -2.25. The molecule has 0 amide bonds. The average Bonchev–Trinajstić information content (AvgIpc) is 2.79. The Balaban J connectivity index is 1.76. The molecule has 96 valence electrons. The first-order valence-electron chi connectivity index (χ1n) is 6.59. The molecule has 0 aliphatic carbocycles. The van der Waals surface area contributed by atoms with Gasteiger partial charge in [0.1, 0.15) is 11.5 Å². The summed E-state index contributed by atoms with van der Waals surface area (Å²) in [5, 5.41) is 3.24. The van der Waals surface area contributed by atoms with Crippen molar-refractivity contribution in [1.82, 2.24) is 10.2 Å². The fourth-order valence-corrected chi connectivity index (χ4v) is 2.25. The lowest BCUT2D eigenvalue weighted by Crippen LogP contribution is -2.28. The van der Waals surface area contributed by atoms with E-state index in [-0.39, 0.29) is 0 Å². The van der Waals surface area contributed by atoms with Crippen molar-refractivity contribution >= 4 is 0 Å². The summed E-state index contributed by atoms with van der Waals surface area (Å²) in [6.07, 6.45) is 4.03. The molecule has 0 aromatic carbocycles. The Bertz CT molecular complexity index is 318. The SMILES string of the molecule is NCCNCc1ccc(CN2CCCCC2)o1. The van der Waals surface area contributed by atoms with Gasteiger partial charge in [-0.15, -0.1) is 0 Å². The van der Waals surface area contributed by atoms with Crippen LogP contribution < -0.4 is 11.1 Å². The van der Waals surface area contributed by atoms with E-state index in [1.165, 1.54) is 32.4 Å². The van der Waals surface area contributed by atoms with Crippen LogP contribution in [0.2, 0.25) is 0 Å². The van der Waals surface area contributed by atoms with Crippen molar-refractivity contribution < 1.29 is 4.42 Å². The van der Waals surface area contributed by atoms with Gasteiger partial charge in [0, 0.05) is 13.1 Å². The summed E-state index contributed by atoms with van der Waals surface area (Å²) in [6, 6.07) is 4.15. The van der Waals surface area contributed by atoms with Gasteiger partial charge in [-0.1, -0.05) is 6.42 Å². The van der Waals surface area contributed by atoms with Gasteiger partial charge >= 0.3 is 0 Å². The summed E-state index contributed by atoms with van der Waals surface area (Å²) >= 11 is 0. The van der Waals surface area contributed by atoms with Crippen molar-refractivity contribution in [2.24, 2.45) is 5.73 Å². The zero-order valence-corrected chi connectivity index (χ0v) is 10.5. The fourth-order valence-electron chi connectivity index (χ4n) is 2.25. The Morgan fingerprint density at radius 3 is 2.71 bits per heavy atom. The first-order chi connectivity index (χ1) is 8.38. The van der Waals surface area contributed by atoms with Gasteiger partial charge in [-0.3, -0.25) is 4.90 Å². The highest BCUT2D eigenvalue weighted by atomic mass is 16.3. The normalized spacial score (nSPS) is 17.5. The Labute approximate surface area is 103 Å². The predicted octanol–water partition coefficient (Wildman–Crippen LogP) is 1.31. The van der Waals surface area contributed by atoms with Crippen LogP contribution in [0.1, 0.15) is 30.8 Å². The number of nitrogens with two attached hydrogens (primary N) is 1. The molecular weight excluding hydrogens is 214 g/mol. The minimum Gasteiger partial charge on any atom is -0.463 e. The second kappa shape index (κ2) is 6.79. The number of nitrogens with zero attached hydrogens (tertiary/aromatic N) is 1. The van der Waals surface area contributed by atoms with Crippen LogP contribution in [0.3, 0.4) is 0 Å². The molecule has 3 N–H and O–H groups in total. The molecule has 4 nitrogen and oxygen atoms in total. The number of hydrogen-bond donors (Lipinski definition) is 2. The Kier molecular flexibility index (Phi) is 5.04. The van der Waals surface area contributed by atoms with Gasteiger partial charge in [0.2, 0.25) is 0 Å². The van der Waals surface area contributed by atoms with Gasteiger partial charge in [0.25, 0.3) is 0 Å². The minimum atomic E-state index is 0.668. The minimum absolute atomic E-state index is 0.668. The summed E-state index contributed by atoms with van der Waals surface area (Å²) in [4.78, 5) is 2.47. The highest BCUT2D eigenvalue weighted by Crippen LogP contribution is 2.15. The number of likely N-dealkylation sites (tertiary alicyclic amines) is 1. The molecule has 2 rings (SSSR count). The van der Waals surface area contributed by atoms with Gasteiger partial charge in [-0.05, 0) is 38.1 Å². The van der Waals surface area contributed by atoms with Gasteiger partial charge < -0.3 is 15.5 Å². The highest BCUT2D eigenvalue weighted by Gasteiger charge is 2.12. The van der Waals surface area contributed by atoms with Crippen molar-refractivity contribution in [3.63, 3.8) is 0 Å². The summed E-state index contributed by atoms with van der Waals surface area (Å²) in [6.45, 7) is 5.65. The lowest BCUT2D eigenvalue weighted by atomic mass is 10.1. The van der Waals surface area contributed by atoms with E-state index in [9.17, 15) is 0 Å². The summed E-state index contributed by atoms with van der Waals surface area (Å²) in [7, 11) is 0. The van der Waals surface area contributed by atoms with E-state index in [2.05, 4.69) is 22.3 Å². The zero-order chi connectivity index (χ0) is 11.9. The maximum absolute atomic E-state index is 5.79. The molecule has 0 atom stereocenters. The van der Waals surface area contributed by atoms with E-state index in [1.807, 2.05) is 0 Å². The lowest BCUT2D eigenvalue weighted by molar-refractivity contribution is 0.203. The largest absolute Gasteiger partial charge is 0.463 e. The molecule has 1 aromatic heterocycles. The molecule has 1 saturated heterocycles. The molecule has 0 unspecified atom stereocenters. The third kappa shape index (κ3) is 4.15. The topological polar surface area (TPSA) is 54.4 Å². The zero-order valence-electron chi connectivity index (χ0n) is 10.5. The van der Waals surface area contributed by atoms with Crippen molar-refractivity contribution in [2.75, 3.05) is 26.2 Å². The van der Waals surface area contributed by atoms with Crippen molar-refractivity contribution in [1.29, 1.82) is 0 Å². The number of nitrogens with one attached hydrogen (secondary N) is 1. The fraction of sp³-hybridized carbons (Fsp3) is 0.692. The first-order valence-corrected chi connectivity index (χ1v) is 6.59. The predicted molar refractivity (Wildman–Crippen MR) is 68.6 cm³/mol. The van der Waals surface area contributed by atoms with Gasteiger partial charge in [0.15, 0.2) is 0 Å². The van der Waals surface area contributed by atoms with Crippen LogP contribution in [0.4, 0.5) is 0 Å². The Hall–Kier alpha value is -0.840. The van der Waals surface area contributed by atoms with Crippen molar-refractivity contribution in [3.05, 3.63) is 23.7 Å². The van der Waals surface area contributed by atoms with Crippen LogP contribution in [0.5, 0.6) is 0 Å². The molecule has 1 fully saturated rings. The second-order valence-electron chi connectivity index (χ2n) is 4.67.